The van der Waals surface area contributed by atoms with Crippen molar-refractivity contribution < 1.29 is 14.3 Å². The number of carbonyl (C=O) groups is 2. The van der Waals surface area contributed by atoms with Gasteiger partial charge in [-0.1, -0.05) is 24.3 Å². The second-order valence-corrected chi connectivity index (χ2v) is 6.84. The van der Waals surface area contributed by atoms with E-state index in [4.69, 9.17) is 4.74 Å². The number of hydrogen-bond acceptors (Lipinski definition) is 4. The van der Waals surface area contributed by atoms with Gasteiger partial charge in [-0.15, -0.1) is 0 Å². The molecule has 7 nitrogen and oxygen atoms in total. The summed E-state index contributed by atoms with van der Waals surface area (Å²) in [5, 5.41) is 8.11. The molecule has 2 fully saturated rings. The van der Waals surface area contributed by atoms with Crippen molar-refractivity contribution in [3.8, 4) is 0 Å². The fraction of sp³-hybridized carbons (Fsp3) is 0.556. The van der Waals surface area contributed by atoms with Gasteiger partial charge in [0.25, 0.3) is 0 Å². The second kappa shape index (κ2) is 7.84. The number of nitrogens with one attached hydrogen (secondary N) is 3. The summed E-state index contributed by atoms with van der Waals surface area (Å²) in [5.74, 6) is -0.165. The van der Waals surface area contributed by atoms with Gasteiger partial charge in [-0.3, -0.25) is 9.69 Å². The van der Waals surface area contributed by atoms with Gasteiger partial charge in [-0.2, -0.15) is 0 Å². The summed E-state index contributed by atoms with van der Waals surface area (Å²) in [6.07, 6.45) is 0.461. The molecule has 1 aromatic rings. The van der Waals surface area contributed by atoms with Gasteiger partial charge < -0.3 is 20.7 Å². The van der Waals surface area contributed by atoms with Crippen LogP contribution in [-0.2, 0) is 22.6 Å². The van der Waals surface area contributed by atoms with Gasteiger partial charge >= 0.3 is 6.03 Å². The average Bonchev–Trinajstić information content (AvgIpc) is 2.99. The number of ether oxygens (including phenoxy) is 1. The van der Waals surface area contributed by atoms with E-state index in [1.54, 1.807) is 0 Å². The molecule has 3 N–H and O–H groups in total. The number of benzene rings is 1. The van der Waals surface area contributed by atoms with Crippen LogP contribution in [0.5, 0.6) is 0 Å². The highest BCUT2D eigenvalue weighted by Crippen LogP contribution is 2.17. The summed E-state index contributed by atoms with van der Waals surface area (Å²) in [6, 6.07) is 7.35. The van der Waals surface area contributed by atoms with Crippen LogP contribution < -0.4 is 16.0 Å². The predicted octanol–water partition coefficient (Wildman–Crippen LogP) is 0.593. The molecule has 2 heterocycles. The van der Waals surface area contributed by atoms with Gasteiger partial charge in [-0.05, 0) is 25.0 Å². The molecule has 136 valence electrons. The minimum absolute atomic E-state index is 0.165. The molecular formula is C18H26N4O3. The molecular weight excluding hydrogens is 320 g/mol. The Morgan fingerprint density at radius 1 is 1.24 bits per heavy atom. The van der Waals surface area contributed by atoms with Gasteiger partial charge in [-0.25, -0.2) is 4.79 Å². The van der Waals surface area contributed by atoms with E-state index >= 15 is 0 Å². The Kier molecular flexibility index (Phi) is 5.55. The van der Waals surface area contributed by atoms with Gasteiger partial charge in [0.05, 0.1) is 12.2 Å². The van der Waals surface area contributed by atoms with Gasteiger partial charge in [0.1, 0.15) is 6.04 Å². The van der Waals surface area contributed by atoms with Crippen LogP contribution >= 0.6 is 0 Å². The molecule has 3 atom stereocenters. The van der Waals surface area contributed by atoms with Gasteiger partial charge in [0.2, 0.25) is 5.91 Å². The Bertz CT molecular complexity index is 627. The number of carbonyl (C=O) groups excluding carboxylic acids is 2. The van der Waals surface area contributed by atoms with E-state index in [1.807, 2.05) is 18.2 Å². The van der Waals surface area contributed by atoms with Crippen LogP contribution in [0.25, 0.3) is 0 Å². The van der Waals surface area contributed by atoms with E-state index in [2.05, 4.69) is 40.8 Å². The number of hydrogen-bond donors (Lipinski definition) is 3. The number of urea groups is 1. The van der Waals surface area contributed by atoms with Crippen LogP contribution in [0, 0.1) is 0 Å². The summed E-state index contributed by atoms with van der Waals surface area (Å²) in [6.45, 7) is 7.63. The zero-order chi connectivity index (χ0) is 17.8. The average molecular weight is 346 g/mol. The summed E-state index contributed by atoms with van der Waals surface area (Å²) in [5.41, 5.74) is 2.30. The Hall–Kier alpha value is -2.12. The Morgan fingerprint density at radius 3 is 2.56 bits per heavy atom. The topological polar surface area (TPSA) is 82.7 Å². The monoisotopic (exact) mass is 346 g/mol. The lowest BCUT2D eigenvalue weighted by Gasteiger charge is -2.35. The normalized spacial score (nSPS) is 26.8. The summed E-state index contributed by atoms with van der Waals surface area (Å²) in [7, 11) is 0. The summed E-state index contributed by atoms with van der Waals surface area (Å²) in [4.78, 5) is 25.7. The molecule has 0 aliphatic carbocycles. The first-order valence-corrected chi connectivity index (χ1v) is 8.78. The van der Waals surface area contributed by atoms with Crippen molar-refractivity contribution in [2.24, 2.45) is 0 Å². The summed E-state index contributed by atoms with van der Waals surface area (Å²) >= 11 is 0. The van der Waals surface area contributed by atoms with Crippen molar-refractivity contribution in [2.75, 3.05) is 19.6 Å². The number of morpholine rings is 1. The molecule has 25 heavy (non-hydrogen) atoms. The molecule has 2 aliphatic heterocycles. The number of rotatable bonds is 5. The lowest BCUT2D eigenvalue weighted by Crippen LogP contribution is -2.45. The largest absolute Gasteiger partial charge is 0.373 e. The maximum atomic E-state index is 12.2. The van der Waals surface area contributed by atoms with E-state index in [0.717, 1.165) is 25.2 Å². The van der Waals surface area contributed by atoms with Crippen molar-refractivity contribution in [1.29, 1.82) is 0 Å². The second-order valence-electron chi connectivity index (χ2n) is 6.84. The fourth-order valence-electron chi connectivity index (χ4n) is 3.46. The van der Waals surface area contributed by atoms with E-state index < -0.39 is 6.04 Å². The smallest absolute Gasteiger partial charge is 0.315 e. The molecule has 0 bridgehead atoms. The van der Waals surface area contributed by atoms with Crippen LogP contribution in [0.4, 0.5) is 4.79 Å². The quantitative estimate of drug-likeness (QED) is 0.729. The van der Waals surface area contributed by atoms with Crippen molar-refractivity contribution in [1.82, 2.24) is 20.9 Å². The van der Waals surface area contributed by atoms with Gasteiger partial charge in [0.15, 0.2) is 0 Å². The number of amides is 3. The van der Waals surface area contributed by atoms with Crippen molar-refractivity contribution >= 4 is 11.9 Å². The van der Waals surface area contributed by atoms with E-state index in [-0.39, 0.29) is 24.1 Å². The first-order chi connectivity index (χ1) is 12.0. The predicted molar refractivity (Wildman–Crippen MR) is 93.9 cm³/mol. The third kappa shape index (κ3) is 4.70. The molecule has 0 saturated carbocycles. The van der Waals surface area contributed by atoms with Crippen LogP contribution in [0.1, 0.15) is 25.0 Å². The molecule has 0 spiro atoms. The van der Waals surface area contributed by atoms with Crippen LogP contribution in [0.3, 0.4) is 0 Å². The van der Waals surface area contributed by atoms with Crippen molar-refractivity contribution in [2.45, 2.75) is 45.2 Å². The highest BCUT2D eigenvalue weighted by molar-refractivity contribution is 5.90. The van der Waals surface area contributed by atoms with Crippen molar-refractivity contribution in [3.05, 3.63) is 35.4 Å². The Balaban J connectivity index is 1.59. The molecule has 0 unspecified atom stereocenters. The summed E-state index contributed by atoms with van der Waals surface area (Å²) < 4.78 is 5.79. The third-order valence-corrected chi connectivity index (χ3v) is 4.55. The minimum Gasteiger partial charge on any atom is -0.373 e. The standard InChI is InChI=1S/C18H26N4O3/c1-12-9-22(10-13(2)25-12)11-15-6-4-3-5-14(15)7-19-17(23)16-8-20-18(24)21-16/h3-6,12-13,16H,7-11H2,1-2H3,(H,19,23)(H2,20,21,24)/t12-,13+,16-/m1/s1. The first kappa shape index (κ1) is 17.7. The van der Waals surface area contributed by atoms with E-state index in [1.165, 1.54) is 5.56 Å². The minimum atomic E-state index is -0.499. The zero-order valence-electron chi connectivity index (χ0n) is 14.7. The molecule has 7 heteroatoms. The Labute approximate surface area is 148 Å². The molecule has 1 aromatic carbocycles. The highest BCUT2D eigenvalue weighted by Gasteiger charge is 2.27. The highest BCUT2D eigenvalue weighted by atomic mass is 16.5. The molecule has 0 radical (unpaired) electrons. The van der Waals surface area contributed by atoms with Gasteiger partial charge in [0, 0.05) is 32.7 Å². The molecule has 2 saturated heterocycles. The third-order valence-electron chi connectivity index (χ3n) is 4.55. The lowest BCUT2D eigenvalue weighted by atomic mass is 10.1. The first-order valence-electron chi connectivity index (χ1n) is 8.78. The maximum Gasteiger partial charge on any atom is 0.315 e. The zero-order valence-corrected chi connectivity index (χ0v) is 14.7. The Morgan fingerprint density at radius 2 is 1.92 bits per heavy atom. The molecule has 0 aromatic heterocycles. The fourth-order valence-corrected chi connectivity index (χ4v) is 3.46. The van der Waals surface area contributed by atoms with Crippen molar-refractivity contribution in [3.63, 3.8) is 0 Å². The molecule has 3 amide bonds. The SMILES string of the molecule is C[C@@H]1CN(Cc2ccccc2CNC(=O)[C@H]2CNC(=O)N2)C[C@H](C)O1. The lowest BCUT2D eigenvalue weighted by molar-refractivity contribution is -0.122. The molecule has 2 aliphatic rings. The van der Waals surface area contributed by atoms with E-state index in [0.29, 0.717) is 13.1 Å². The number of nitrogens with zero attached hydrogens (tertiary/aromatic N) is 1. The van der Waals surface area contributed by atoms with E-state index in [9.17, 15) is 9.59 Å². The van der Waals surface area contributed by atoms with Crippen LogP contribution in [0.2, 0.25) is 0 Å². The van der Waals surface area contributed by atoms with Crippen LogP contribution in [-0.4, -0.2) is 54.7 Å². The van der Waals surface area contributed by atoms with Crippen LogP contribution in [0.15, 0.2) is 24.3 Å². The maximum absolute atomic E-state index is 12.2. The molecule has 3 rings (SSSR count).